The van der Waals surface area contributed by atoms with Crippen LogP contribution in [0.2, 0.25) is 0 Å². The number of nitrogens with zero attached hydrogens (tertiary/aromatic N) is 3. The highest BCUT2D eigenvalue weighted by Gasteiger charge is 2.13. The molecular weight excluding hydrogens is 392 g/mol. The lowest BCUT2D eigenvalue weighted by Gasteiger charge is -2.09. The molecule has 0 aliphatic heterocycles. The second kappa shape index (κ2) is 8.66. The summed E-state index contributed by atoms with van der Waals surface area (Å²) in [4.78, 5) is 24.9. The van der Waals surface area contributed by atoms with E-state index in [1.54, 1.807) is 24.3 Å². The van der Waals surface area contributed by atoms with Crippen LogP contribution < -0.4 is 10.9 Å². The van der Waals surface area contributed by atoms with Crippen molar-refractivity contribution >= 4 is 11.8 Å². The van der Waals surface area contributed by atoms with Crippen LogP contribution in [-0.2, 0) is 6.54 Å². The summed E-state index contributed by atoms with van der Waals surface area (Å²) in [5.74, 6) is -0.895. The van der Waals surface area contributed by atoms with Crippen molar-refractivity contribution in [3.63, 3.8) is 0 Å². The number of aromatic amines is 1. The number of carbonyl (C=O) groups is 2. The molecule has 0 radical (unpaired) electrons. The summed E-state index contributed by atoms with van der Waals surface area (Å²) in [5, 5.41) is 11.3. The number of carbonyl (C=O) groups excluding carboxylic acids is 2. The van der Waals surface area contributed by atoms with Gasteiger partial charge in [0.15, 0.2) is 0 Å². The van der Waals surface area contributed by atoms with Gasteiger partial charge in [0, 0.05) is 16.8 Å². The first-order valence-corrected chi connectivity index (χ1v) is 9.81. The Morgan fingerprint density at radius 3 is 2.45 bits per heavy atom. The predicted octanol–water partition coefficient (Wildman–Crippen LogP) is 3.01. The van der Waals surface area contributed by atoms with Crippen molar-refractivity contribution in [1.82, 2.24) is 30.8 Å². The van der Waals surface area contributed by atoms with Crippen LogP contribution in [-0.4, -0.2) is 31.8 Å². The summed E-state index contributed by atoms with van der Waals surface area (Å²) < 4.78 is 1.89. The van der Waals surface area contributed by atoms with E-state index < -0.39 is 11.8 Å². The number of amides is 2. The molecule has 8 nitrogen and oxygen atoms in total. The normalized spacial score (nSPS) is 10.6. The number of hydrogen-bond donors (Lipinski definition) is 3. The van der Waals surface area contributed by atoms with Gasteiger partial charge >= 0.3 is 0 Å². The molecule has 2 aromatic heterocycles. The lowest BCUT2D eigenvalue weighted by Crippen LogP contribution is -2.41. The van der Waals surface area contributed by atoms with E-state index in [-0.39, 0.29) is 5.69 Å². The molecule has 0 aliphatic carbocycles. The van der Waals surface area contributed by atoms with Crippen LogP contribution in [0.25, 0.3) is 11.3 Å². The third kappa shape index (κ3) is 4.69. The molecule has 4 aromatic rings. The Hall–Kier alpha value is -4.20. The lowest BCUT2D eigenvalue weighted by atomic mass is 10.1. The SMILES string of the molecule is Cc1cc(C)n(Cc2cccc(C(=O)NNC(=O)c3cc(-c4ccccc4)n[nH]3)c2)n1. The topological polar surface area (TPSA) is 105 Å². The van der Waals surface area contributed by atoms with Crippen molar-refractivity contribution in [2.45, 2.75) is 20.4 Å². The van der Waals surface area contributed by atoms with Crippen LogP contribution in [0.1, 0.15) is 37.8 Å². The van der Waals surface area contributed by atoms with Gasteiger partial charge in [-0.15, -0.1) is 0 Å². The minimum absolute atomic E-state index is 0.248. The highest BCUT2D eigenvalue weighted by Crippen LogP contribution is 2.16. The van der Waals surface area contributed by atoms with E-state index in [2.05, 4.69) is 26.1 Å². The molecular formula is C23H22N6O2. The number of aromatic nitrogens is 4. The number of H-pyrrole nitrogens is 1. The fourth-order valence-electron chi connectivity index (χ4n) is 3.27. The Morgan fingerprint density at radius 1 is 0.935 bits per heavy atom. The Morgan fingerprint density at radius 2 is 1.71 bits per heavy atom. The molecule has 31 heavy (non-hydrogen) atoms. The van der Waals surface area contributed by atoms with E-state index in [1.807, 2.05) is 61.0 Å². The van der Waals surface area contributed by atoms with Crippen LogP contribution in [0, 0.1) is 13.8 Å². The average Bonchev–Trinajstić information content (AvgIpc) is 3.39. The Bertz CT molecular complexity index is 1230. The quantitative estimate of drug-likeness (QED) is 0.437. The van der Waals surface area contributed by atoms with Crippen molar-refractivity contribution in [2.24, 2.45) is 0 Å². The number of aryl methyl sites for hydroxylation is 2. The van der Waals surface area contributed by atoms with Crippen molar-refractivity contribution < 1.29 is 9.59 Å². The zero-order valence-corrected chi connectivity index (χ0v) is 17.2. The van der Waals surface area contributed by atoms with E-state index in [9.17, 15) is 9.59 Å². The molecule has 0 saturated heterocycles. The van der Waals surface area contributed by atoms with Gasteiger partial charge in [-0.3, -0.25) is 30.2 Å². The van der Waals surface area contributed by atoms with Crippen LogP contribution in [0.3, 0.4) is 0 Å². The van der Waals surface area contributed by atoms with E-state index >= 15 is 0 Å². The van der Waals surface area contributed by atoms with Gasteiger partial charge in [-0.05, 0) is 43.7 Å². The maximum absolute atomic E-state index is 12.5. The van der Waals surface area contributed by atoms with Gasteiger partial charge in [-0.25, -0.2) is 0 Å². The van der Waals surface area contributed by atoms with Gasteiger partial charge < -0.3 is 0 Å². The molecule has 0 aliphatic rings. The van der Waals surface area contributed by atoms with Gasteiger partial charge in [-0.1, -0.05) is 42.5 Å². The van der Waals surface area contributed by atoms with Crippen molar-refractivity contribution in [2.75, 3.05) is 0 Å². The molecule has 2 heterocycles. The summed E-state index contributed by atoms with van der Waals surface area (Å²) in [6.07, 6.45) is 0. The highest BCUT2D eigenvalue weighted by molar-refractivity contribution is 5.98. The minimum atomic E-state index is -0.484. The maximum Gasteiger partial charge on any atom is 0.287 e. The van der Waals surface area contributed by atoms with Crippen LogP contribution >= 0.6 is 0 Å². The summed E-state index contributed by atoms with van der Waals surface area (Å²) in [6.45, 7) is 4.49. The lowest BCUT2D eigenvalue weighted by molar-refractivity contribution is 0.0844. The van der Waals surface area contributed by atoms with Crippen molar-refractivity contribution in [3.8, 4) is 11.3 Å². The van der Waals surface area contributed by atoms with E-state index in [1.165, 1.54) is 0 Å². The highest BCUT2D eigenvalue weighted by atomic mass is 16.2. The average molecular weight is 414 g/mol. The first kappa shape index (κ1) is 20.1. The third-order valence-electron chi connectivity index (χ3n) is 4.81. The van der Waals surface area contributed by atoms with Gasteiger partial charge in [0.05, 0.1) is 17.9 Å². The molecule has 8 heteroatoms. The van der Waals surface area contributed by atoms with E-state index in [0.717, 1.165) is 22.5 Å². The van der Waals surface area contributed by atoms with Crippen molar-refractivity contribution in [1.29, 1.82) is 0 Å². The Balaban J connectivity index is 1.38. The van der Waals surface area contributed by atoms with Gasteiger partial charge in [0.1, 0.15) is 5.69 Å². The van der Waals surface area contributed by atoms with E-state index in [4.69, 9.17) is 0 Å². The van der Waals surface area contributed by atoms with Gasteiger partial charge in [0.25, 0.3) is 11.8 Å². The summed E-state index contributed by atoms with van der Waals surface area (Å²) >= 11 is 0. The fraction of sp³-hybridized carbons (Fsp3) is 0.130. The van der Waals surface area contributed by atoms with Crippen LogP contribution in [0.5, 0.6) is 0 Å². The minimum Gasteiger partial charge on any atom is -0.272 e. The maximum atomic E-state index is 12.5. The number of benzene rings is 2. The number of rotatable bonds is 5. The molecule has 0 fully saturated rings. The molecule has 0 bridgehead atoms. The van der Waals surface area contributed by atoms with Crippen LogP contribution in [0.15, 0.2) is 66.7 Å². The standard InChI is InChI=1S/C23H22N6O2/c1-15-11-16(2)29(28-15)14-17-7-6-10-19(12-17)22(30)26-27-23(31)21-13-20(24-25-21)18-8-4-3-5-9-18/h3-13H,14H2,1-2H3,(H,24,25)(H,26,30)(H,27,31). The predicted molar refractivity (Wildman–Crippen MR) is 116 cm³/mol. The number of hydrogen-bond acceptors (Lipinski definition) is 4. The number of nitrogens with one attached hydrogen (secondary N) is 3. The summed E-state index contributed by atoms with van der Waals surface area (Å²) in [6, 6.07) is 20.3. The Kier molecular flexibility index (Phi) is 5.61. The molecule has 0 spiro atoms. The molecule has 3 N–H and O–H groups in total. The molecule has 0 unspecified atom stereocenters. The zero-order chi connectivity index (χ0) is 21.8. The van der Waals surface area contributed by atoms with Crippen molar-refractivity contribution in [3.05, 3.63) is 94.9 Å². The summed E-state index contributed by atoms with van der Waals surface area (Å²) in [7, 11) is 0. The molecule has 2 amide bonds. The second-order valence-electron chi connectivity index (χ2n) is 7.23. The number of hydrazine groups is 1. The monoisotopic (exact) mass is 414 g/mol. The molecule has 0 atom stereocenters. The van der Waals surface area contributed by atoms with Gasteiger partial charge in [0.2, 0.25) is 0 Å². The summed E-state index contributed by atoms with van der Waals surface area (Å²) in [5.41, 5.74) is 10.0. The molecule has 4 rings (SSSR count). The third-order valence-corrected chi connectivity index (χ3v) is 4.81. The first-order chi connectivity index (χ1) is 15.0. The molecule has 0 saturated carbocycles. The fourth-order valence-corrected chi connectivity index (χ4v) is 3.27. The van der Waals surface area contributed by atoms with Crippen LogP contribution in [0.4, 0.5) is 0 Å². The second-order valence-corrected chi connectivity index (χ2v) is 7.23. The Labute approximate surface area is 179 Å². The smallest absolute Gasteiger partial charge is 0.272 e. The molecule has 2 aromatic carbocycles. The zero-order valence-electron chi connectivity index (χ0n) is 17.2. The van der Waals surface area contributed by atoms with Gasteiger partial charge in [-0.2, -0.15) is 10.2 Å². The first-order valence-electron chi connectivity index (χ1n) is 9.81. The van der Waals surface area contributed by atoms with E-state index in [0.29, 0.717) is 17.8 Å². The molecule has 156 valence electrons. The largest absolute Gasteiger partial charge is 0.287 e.